The summed E-state index contributed by atoms with van der Waals surface area (Å²) >= 11 is 0. The third kappa shape index (κ3) is 3.15. The summed E-state index contributed by atoms with van der Waals surface area (Å²) in [5.74, 6) is 0.0739. The normalized spacial score (nSPS) is 10.9. The van der Waals surface area contributed by atoms with E-state index in [0.29, 0.717) is 12.3 Å². The summed E-state index contributed by atoms with van der Waals surface area (Å²) in [5, 5.41) is 9.32. The number of hydrogen-bond donors (Lipinski definition) is 1. The molecule has 0 spiro atoms. The molecule has 0 atom stereocenters. The quantitative estimate of drug-likeness (QED) is 0.572. The Hall–Kier alpha value is -3.60. The predicted molar refractivity (Wildman–Crippen MR) is 104 cm³/mol. The van der Waals surface area contributed by atoms with E-state index in [1.807, 2.05) is 42.5 Å². The minimum atomic E-state index is -1.02. The molecular weight excluding hydrogens is 340 g/mol. The first kappa shape index (κ1) is 16.8. The lowest BCUT2D eigenvalue weighted by Crippen LogP contribution is -2.04. The lowest BCUT2D eigenvalue weighted by atomic mass is 10.1. The molecule has 1 aromatic heterocycles. The number of para-hydroxylation sites is 2. The van der Waals surface area contributed by atoms with Crippen molar-refractivity contribution in [3.63, 3.8) is 0 Å². The molecule has 0 aliphatic heterocycles. The Morgan fingerprint density at radius 2 is 1.78 bits per heavy atom. The highest BCUT2D eigenvalue weighted by Gasteiger charge is 2.17. The predicted octanol–water partition coefficient (Wildman–Crippen LogP) is 4.46. The second-order valence-electron chi connectivity index (χ2n) is 6.22. The van der Waals surface area contributed by atoms with E-state index >= 15 is 0 Å². The first-order chi connectivity index (χ1) is 13.2. The zero-order valence-corrected chi connectivity index (χ0v) is 14.8. The summed E-state index contributed by atoms with van der Waals surface area (Å²) in [5.41, 5.74) is 4.02. The first-order valence-corrected chi connectivity index (χ1v) is 8.58. The number of imidazole rings is 1. The summed E-state index contributed by atoms with van der Waals surface area (Å²) in [6.07, 6.45) is 0. The van der Waals surface area contributed by atoms with Crippen molar-refractivity contribution in [2.45, 2.75) is 6.54 Å². The SMILES string of the molecule is COc1cc(-c2nc3ccccc3n2Cc2ccccc2)ccc1C(=O)O. The molecule has 4 rings (SSSR count). The van der Waals surface area contributed by atoms with Gasteiger partial charge in [-0.1, -0.05) is 48.5 Å². The number of methoxy groups -OCH3 is 1. The minimum Gasteiger partial charge on any atom is -0.496 e. The van der Waals surface area contributed by atoms with Crippen molar-refractivity contribution in [3.05, 3.63) is 83.9 Å². The van der Waals surface area contributed by atoms with Crippen LogP contribution in [-0.4, -0.2) is 27.7 Å². The van der Waals surface area contributed by atoms with Crippen LogP contribution in [0.25, 0.3) is 22.4 Å². The number of carbonyl (C=O) groups is 1. The van der Waals surface area contributed by atoms with Crippen LogP contribution in [0.3, 0.4) is 0 Å². The summed E-state index contributed by atoms with van der Waals surface area (Å²) < 4.78 is 7.42. The number of nitrogens with zero attached hydrogens (tertiary/aromatic N) is 2. The number of aromatic carboxylic acids is 1. The van der Waals surface area contributed by atoms with E-state index in [0.717, 1.165) is 28.0 Å². The van der Waals surface area contributed by atoms with Gasteiger partial charge < -0.3 is 14.4 Å². The zero-order chi connectivity index (χ0) is 18.8. The highest BCUT2D eigenvalue weighted by molar-refractivity contribution is 5.92. The van der Waals surface area contributed by atoms with Gasteiger partial charge in [-0.3, -0.25) is 0 Å². The number of carboxylic acid groups (broad SMARTS) is 1. The van der Waals surface area contributed by atoms with Crippen LogP contribution in [0.5, 0.6) is 5.75 Å². The van der Waals surface area contributed by atoms with Gasteiger partial charge in [0, 0.05) is 12.1 Å². The molecule has 134 valence electrons. The van der Waals surface area contributed by atoms with Gasteiger partial charge in [0.05, 0.1) is 18.1 Å². The average Bonchev–Trinajstić information content (AvgIpc) is 3.06. The lowest BCUT2D eigenvalue weighted by molar-refractivity contribution is 0.0693. The molecule has 5 nitrogen and oxygen atoms in total. The first-order valence-electron chi connectivity index (χ1n) is 8.58. The molecule has 4 aromatic rings. The average molecular weight is 358 g/mol. The van der Waals surface area contributed by atoms with Crippen LogP contribution in [0.2, 0.25) is 0 Å². The molecule has 0 aliphatic rings. The fraction of sp³-hybridized carbons (Fsp3) is 0.0909. The topological polar surface area (TPSA) is 64.4 Å². The number of rotatable bonds is 5. The molecule has 0 amide bonds. The van der Waals surface area contributed by atoms with Crippen molar-refractivity contribution in [3.8, 4) is 17.1 Å². The zero-order valence-electron chi connectivity index (χ0n) is 14.8. The Balaban J connectivity index is 1.89. The van der Waals surface area contributed by atoms with Crippen LogP contribution in [0, 0.1) is 0 Å². The molecule has 0 saturated carbocycles. The van der Waals surface area contributed by atoms with Crippen LogP contribution >= 0.6 is 0 Å². The Bertz CT molecular complexity index is 1120. The minimum absolute atomic E-state index is 0.131. The molecule has 0 radical (unpaired) electrons. The van der Waals surface area contributed by atoms with Crippen LogP contribution in [-0.2, 0) is 6.54 Å². The largest absolute Gasteiger partial charge is 0.496 e. The molecule has 0 aliphatic carbocycles. The smallest absolute Gasteiger partial charge is 0.339 e. The number of benzene rings is 3. The van der Waals surface area contributed by atoms with Crippen molar-refractivity contribution in [1.29, 1.82) is 0 Å². The lowest BCUT2D eigenvalue weighted by Gasteiger charge is -2.11. The van der Waals surface area contributed by atoms with E-state index in [2.05, 4.69) is 16.7 Å². The van der Waals surface area contributed by atoms with Gasteiger partial charge in [-0.2, -0.15) is 0 Å². The number of fused-ring (bicyclic) bond motifs is 1. The van der Waals surface area contributed by atoms with Gasteiger partial charge in [-0.05, 0) is 29.8 Å². The van der Waals surface area contributed by atoms with Gasteiger partial charge in [0.15, 0.2) is 0 Å². The number of ether oxygens (including phenoxy) is 1. The molecule has 1 N–H and O–H groups in total. The van der Waals surface area contributed by atoms with Crippen molar-refractivity contribution in [2.24, 2.45) is 0 Å². The van der Waals surface area contributed by atoms with Gasteiger partial charge in [-0.15, -0.1) is 0 Å². The fourth-order valence-corrected chi connectivity index (χ4v) is 3.23. The molecule has 1 heterocycles. The number of hydrogen-bond acceptors (Lipinski definition) is 3. The van der Waals surface area contributed by atoms with Gasteiger partial charge in [-0.25, -0.2) is 9.78 Å². The van der Waals surface area contributed by atoms with E-state index < -0.39 is 5.97 Å². The van der Waals surface area contributed by atoms with Crippen LogP contribution in [0.1, 0.15) is 15.9 Å². The standard InChI is InChI=1S/C22H18N2O3/c1-27-20-13-16(11-12-17(20)22(25)26)21-23-18-9-5-6-10-19(18)24(21)14-15-7-3-2-4-8-15/h2-13H,14H2,1H3,(H,25,26). The summed E-state index contributed by atoms with van der Waals surface area (Å²) in [6.45, 7) is 0.666. The molecule has 0 fully saturated rings. The van der Waals surface area contributed by atoms with E-state index in [4.69, 9.17) is 9.72 Å². The number of carboxylic acids is 1. The molecule has 3 aromatic carbocycles. The highest BCUT2D eigenvalue weighted by Crippen LogP contribution is 2.30. The van der Waals surface area contributed by atoms with Crippen molar-refractivity contribution >= 4 is 17.0 Å². The highest BCUT2D eigenvalue weighted by atomic mass is 16.5. The maximum atomic E-state index is 11.4. The molecule has 5 heteroatoms. The van der Waals surface area contributed by atoms with E-state index in [-0.39, 0.29) is 5.56 Å². The molecule has 0 unspecified atom stereocenters. The van der Waals surface area contributed by atoms with Gasteiger partial charge >= 0.3 is 5.97 Å². The summed E-state index contributed by atoms with van der Waals surface area (Å²) in [7, 11) is 1.47. The number of aromatic nitrogens is 2. The van der Waals surface area contributed by atoms with Crippen molar-refractivity contribution in [1.82, 2.24) is 9.55 Å². The van der Waals surface area contributed by atoms with Crippen LogP contribution in [0.15, 0.2) is 72.8 Å². The Labute approximate surface area is 156 Å². The van der Waals surface area contributed by atoms with Crippen molar-refractivity contribution in [2.75, 3.05) is 7.11 Å². The molecular formula is C22H18N2O3. The molecule has 0 bridgehead atoms. The summed E-state index contributed by atoms with van der Waals surface area (Å²) in [4.78, 5) is 16.2. The van der Waals surface area contributed by atoms with E-state index in [1.165, 1.54) is 7.11 Å². The van der Waals surface area contributed by atoms with Crippen molar-refractivity contribution < 1.29 is 14.6 Å². The van der Waals surface area contributed by atoms with Gasteiger partial charge in [0.1, 0.15) is 17.1 Å². The molecule has 27 heavy (non-hydrogen) atoms. The van der Waals surface area contributed by atoms with Gasteiger partial charge in [0.25, 0.3) is 0 Å². The Kier molecular flexibility index (Phi) is 4.34. The Morgan fingerprint density at radius 1 is 1.04 bits per heavy atom. The van der Waals surface area contributed by atoms with Gasteiger partial charge in [0.2, 0.25) is 0 Å². The van der Waals surface area contributed by atoms with E-state index in [9.17, 15) is 9.90 Å². The second-order valence-corrected chi connectivity index (χ2v) is 6.22. The summed E-state index contributed by atoms with van der Waals surface area (Å²) in [6, 6.07) is 23.2. The monoisotopic (exact) mass is 358 g/mol. The Morgan fingerprint density at radius 3 is 2.52 bits per heavy atom. The third-order valence-electron chi connectivity index (χ3n) is 4.53. The molecule has 0 saturated heterocycles. The van der Waals surface area contributed by atoms with Crippen LogP contribution in [0.4, 0.5) is 0 Å². The third-order valence-corrected chi connectivity index (χ3v) is 4.53. The van der Waals surface area contributed by atoms with Crippen LogP contribution < -0.4 is 4.74 Å². The maximum absolute atomic E-state index is 11.4. The fourth-order valence-electron chi connectivity index (χ4n) is 3.23. The second kappa shape index (κ2) is 6.96. The maximum Gasteiger partial charge on any atom is 0.339 e. The van der Waals surface area contributed by atoms with E-state index in [1.54, 1.807) is 18.2 Å².